The van der Waals surface area contributed by atoms with Crippen molar-refractivity contribution in [3.8, 4) is 0 Å². The number of aryl methyl sites for hydroxylation is 3. The number of aldehydes is 1. The average molecular weight is 750 g/mol. The summed E-state index contributed by atoms with van der Waals surface area (Å²) in [6.45, 7) is 4.05. The summed E-state index contributed by atoms with van der Waals surface area (Å²) in [7, 11) is 3.55. The number of aliphatic imine (C=N–C) groups is 1. The van der Waals surface area contributed by atoms with Gasteiger partial charge >= 0.3 is 0 Å². The van der Waals surface area contributed by atoms with Gasteiger partial charge in [-0.25, -0.2) is 8.78 Å². The number of fused-ring (bicyclic) bond motifs is 2. The van der Waals surface area contributed by atoms with Crippen molar-refractivity contribution in [3.63, 3.8) is 0 Å². The zero-order chi connectivity index (χ0) is 39.0. The van der Waals surface area contributed by atoms with Crippen molar-refractivity contribution in [3.05, 3.63) is 105 Å². The summed E-state index contributed by atoms with van der Waals surface area (Å²) >= 11 is 0. The molecule has 3 aliphatic rings. The van der Waals surface area contributed by atoms with Crippen LogP contribution in [0.3, 0.4) is 0 Å². The molecule has 4 heterocycles. The lowest BCUT2D eigenvalue weighted by Crippen LogP contribution is -2.51. The zero-order valence-electron chi connectivity index (χ0n) is 31.2. The van der Waals surface area contributed by atoms with Crippen LogP contribution in [0.25, 0.3) is 16.5 Å². The molecular formula is C42H45F2N7O4. The van der Waals surface area contributed by atoms with Gasteiger partial charge in [-0.2, -0.15) is 0 Å². The molecule has 55 heavy (non-hydrogen) atoms. The van der Waals surface area contributed by atoms with Gasteiger partial charge in [-0.05, 0) is 105 Å². The number of halogens is 2. The fraction of sp³-hybridized carbons (Fsp3) is 0.357. The molecule has 0 bridgehead atoms. The first-order valence-electron chi connectivity index (χ1n) is 18.6. The molecular weight excluding hydrogens is 705 g/mol. The lowest BCUT2D eigenvalue weighted by atomic mass is 9.91. The van der Waals surface area contributed by atoms with Crippen LogP contribution in [0.15, 0.2) is 70.6 Å². The van der Waals surface area contributed by atoms with Crippen LogP contribution in [0.2, 0.25) is 0 Å². The van der Waals surface area contributed by atoms with E-state index in [9.17, 15) is 28.0 Å². The second-order valence-corrected chi connectivity index (χ2v) is 14.7. The van der Waals surface area contributed by atoms with E-state index >= 15 is 0 Å². The number of likely N-dealkylation sites (N-methyl/N-ethyl adjacent to an activating group) is 1. The highest BCUT2D eigenvalue weighted by Crippen LogP contribution is 2.41. The second kappa shape index (κ2) is 15.6. The molecule has 4 aromatic rings. The van der Waals surface area contributed by atoms with Gasteiger partial charge in [0.2, 0.25) is 11.8 Å². The Morgan fingerprint density at radius 3 is 2.62 bits per heavy atom. The lowest BCUT2D eigenvalue weighted by molar-refractivity contribution is -0.137. The molecule has 2 amide bonds. The number of benzene rings is 3. The van der Waals surface area contributed by atoms with E-state index in [0.717, 1.165) is 52.5 Å². The Labute approximate surface area is 318 Å². The summed E-state index contributed by atoms with van der Waals surface area (Å²) in [5, 5.41) is 3.27. The number of aromatic nitrogens is 1. The van der Waals surface area contributed by atoms with Crippen LogP contribution < -0.4 is 26.4 Å². The van der Waals surface area contributed by atoms with Crippen LogP contribution >= 0.6 is 0 Å². The maximum Gasteiger partial charge on any atom is 0.264 e. The Bertz CT molecular complexity index is 2300. The standard InChI is InChI=1S/C42H45F2N7O4/c1-25-16-34-35(49(3)42(25)55)7-4-8-36(34)51-14-5-6-26-18-32(33(40(43)44)19-38(26)51)29(20-45)21-46-30-13-15-50(23-30)31-10-9-27(24-52)28(17-31)22-48(2)37-11-12-39(53)47-41(37)54/h4,7-10,16-21,24,30,37,40H,5-6,11-15,22-23,45H2,1-3H3,(H,47,53,54)/b29-20+,46-21?. The molecule has 0 spiro atoms. The third kappa shape index (κ3) is 7.40. The van der Waals surface area contributed by atoms with Crippen molar-refractivity contribution in [1.29, 1.82) is 0 Å². The molecule has 1 aromatic heterocycles. The molecule has 11 nitrogen and oxygen atoms in total. The van der Waals surface area contributed by atoms with Crippen LogP contribution in [-0.2, 0) is 29.6 Å². The predicted octanol–water partition coefficient (Wildman–Crippen LogP) is 5.57. The number of pyridine rings is 1. The number of allylic oxidation sites excluding steroid dienone is 1. The highest BCUT2D eigenvalue weighted by Gasteiger charge is 2.31. The molecule has 286 valence electrons. The van der Waals surface area contributed by atoms with Crippen molar-refractivity contribution >= 4 is 57.9 Å². The molecule has 2 unspecified atom stereocenters. The summed E-state index contributed by atoms with van der Waals surface area (Å²) in [5.41, 5.74) is 12.8. The molecule has 3 aliphatic heterocycles. The van der Waals surface area contributed by atoms with Gasteiger partial charge in [0.05, 0.1) is 23.3 Å². The van der Waals surface area contributed by atoms with Crippen LogP contribution in [0, 0.1) is 6.92 Å². The van der Waals surface area contributed by atoms with E-state index in [1.807, 2.05) is 47.4 Å². The largest absolute Gasteiger partial charge is 0.404 e. The summed E-state index contributed by atoms with van der Waals surface area (Å²) in [6, 6.07) is 16.1. The minimum absolute atomic E-state index is 0.0733. The number of hydrogen-bond acceptors (Lipinski definition) is 9. The van der Waals surface area contributed by atoms with Gasteiger partial charge in [0.25, 0.3) is 12.0 Å². The number of piperidine rings is 1. The molecule has 0 radical (unpaired) electrons. The van der Waals surface area contributed by atoms with Gasteiger partial charge in [0.15, 0.2) is 0 Å². The Balaban J connectivity index is 1.11. The Hall–Kier alpha value is -5.69. The second-order valence-electron chi connectivity index (χ2n) is 14.7. The number of rotatable bonds is 10. The first-order valence-corrected chi connectivity index (χ1v) is 18.6. The molecule has 2 atom stereocenters. The molecule has 13 heteroatoms. The number of anilines is 3. The molecule has 0 aliphatic carbocycles. The fourth-order valence-electron chi connectivity index (χ4n) is 8.21. The van der Waals surface area contributed by atoms with Crippen LogP contribution in [-0.4, -0.2) is 72.5 Å². The normalized spacial score (nSPS) is 19.2. The number of nitrogens with zero attached hydrogens (tertiary/aromatic N) is 5. The van der Waals surface area contributed by atoms with Gasteiger partial charge in [-0.15, -0.1) is 0 Å². The number of imide groups is 1. The number of nitrogens with one attached hydrogen (secondary N) is 1. The Morgan fingerprint density at radius 2 is 1.87 bits per heavy atom. The van der Waals surface area contributed by atoms with Crippen molar-refractivity contribution in [2.45, 2.75) is 64.1 Å². The number of alkyl halides is 2. The molecule has 2 fully saturated rings. The van der Waals surface area contributed by atoms with Crippen molar-refractivity contribution in [2.75, 3.05) is 36.5 Å². The maximum atomic E-state index is 14.9. The minimum Gasteiger partial charge on any atom is -0.404 e. The van der Waals surface area contributed by atoms with Crippen LogP contribution in [0.4, 0.5) is 25.8 Å². The number of amides is 2. The highest BCUT2D eigenvalue weighted by molar-refractivity contribution is 6.10. The molecule has 3 aromatic carbocycles. The quantitative estimate of drug-likeness (QED) is 0.122. The third-order valence-electron chi connectivity index (χ3n) is 11.2. The molecule has 0 saturated carbocycles. The van der Waals surface area contributed by atoms with E-state index in [-0.39, 0.29) is 35.4 Å². The smallest absolute Gasteiger partial charge is 0.264 e. The zero-order valence-corrected chi connectivity index (χ0v) is 31.2. The summed E-state index contributed by atoms with van der Waals surface area (Å²) in [4.78, 5) is 59.6. The van der Waals surface area contributed by atoms with E-state index in [1.54, 1.807) is 43.9 Å². The topological polar surface area (TPSA) is 133 Å². The molecule has 3 N–H and O–H groups in total. The highest BCUT2D eigenvalue weighted by atomic mass is 19.3. The summed E-state index contributed by atoms with van der Waals surface area (Å²) < 4.78 is 31.4. The van der Waals surface area contributed by atoms with Crippen molar-refractivity contribution in [2.24, 2.45) is 17.8 Å². The molecule has 2 saturated heterocycles. The monoisotopic (exact) mass is 749 g/mol. The fourth-order valence-corrected chi connectivity index (χ4v) is 8.21. The Morgan fingerprint density at radius 1 is 1.05 bits per heavy atom. The van der Waals surface area contributed by atoms with E-state index < -0.39 is 12.5 Å². The van der Waals surface area contributed by atoms with Gasteiger partial charge < -0.3 is 20.1 Å². The van der Waals surface area contributed by atoms with Crippen LogP contribution in [0.1, 0.15) is 70.3 Å². The first kappa shape index (κ1) is 37.6. The summed E-state index contributed by atoms with van der Waals surface area (Å²) in [6.07, 6.45) is 3.92. The molecule has 7 rings (SSSR count). The van der Waals surface area contributed by atoms with Gasteiger partial charge in [-0.1, -0.05) is 6.07 Å². The van der Waals surface area contributed by atoms with Crippen LogP contribution in [0.5, 0.6) is 0 Å². The minimum atomic E-state index is -2.76. The number of nitrogens with two attached hydrogens (primary N) is 1. The van der Waals surface area contributed by atoms with E-state index in [4.69, 9.17) is 10.7 Å². The number of carbonyl (C=O) groups is 3. The Kier molecular flexibility index (Phi) is 10.7. The summed E-state index contributed by atoms with van der Waals surface area (Å²) in [5.74, 6) is -0.615. The van der Waals surface area contributed by atoms with E-state index in [0.29, 0.717) is 67.0 Å². The first-order chi connectivity index (χ1) is 26.5. The third-order valence-corrected chi connectivity index (χ3v) is 11.2. The maximum absolute atomic E-state index is 14.9. The van der Waals surface area contributed by atoms with Crippen molar-refractivity contribution in [1.82, 2.24) is 14.8 Å². The van der Waals surface area contributed by atoms with E-state index in [1.165, 1.54) is 6.20 Å². The average Bonchev–Trinajstić information content (AvgIpc) is 3.65. The predicted molar refractivity (Wildman–Crippen MR) is 211 cm³/mol. The lowest BCUT2D eigenvalue weighted by Gasteiger charge is -2.33. The number of hydrogen-bond donors (Lipinski definition) is 2. The van der Waals surface area contributed by atoms with Gasteiger partial charge in [0, 0.05) is 91.1 Å². The number of carbonyl (C=O) groups excluding carboxylic acids is 3. The SMILES string of the molecule is Cc1cc2c(N3CCCc4cc(/C(C=NC5CCN(c6ccc(C=O)c(CN(C)C7CCC(=O)NC7=O)c6)C5)=C/N)c(C(F)F)cc43)cccc2n(C)c1=O. The van der Waals surface area contributed by atoms with E-state index in [2.05, 4.69) is 15.1 Å². The van der Waals surface area contributed by atoms with Crippen molar-refractivity contribution < 1.29 is 23.2 Å². The van der Waals surface area contributed by atoms with Gasteiger partial charge in [0.1, 0.15) is 6.29 Å². The van der Waals surface area contributed by atoms with Gasteiger partial charge in [-0.3, -0.25) is 34.4 Å².